The molecule has 0 heterocycles. The van der Waals surface area contributed by atoms with E-state index in [0.717, 1.165) is 44.7 Å². The van der Waals surface area contributed by atoms with E-state index in [-0.39, 0.29) is 76.5 Å². The molecule has 0 spiro atoms. The Kier molecular flexibility index (Phi) is 41.5. The van der Waals surface area contributed by atoms with Gasteiger partial charge in [0.25, 0.3) is 0 Å². The summed E-state index contributed by atoms with van der Waals surface area (Å²) < 4.78 is 0. The van der Waals surface area contributed by atoms with Gasteiger partial charge in [-0.25, -0.2) is 24.3 Å². The normalized spacial score (nSPS) is 13.0. The van der Waals surface area contributed by atoms with Gasteiger partial charge >= 0.3 is 0 Å². The fourth-order valence-electron chi connectivity index (χ4n) is 3.12. The number of allylic oxidation sites excluding steroid dienone is 16. The summed E-state index contributed by atoms with van der Waals surface area (Å²) in [4.78, 5) is 0. The van der Waals surface area contributed by atoms with Gasteiger partial charge in [-0.1, -0.05) is 75.4 Å². The summed E-state index contributed by atoms with van der Waals surface area (Å²) in [5.41, 5.74) is 4.98. The largest absolute Gasteiger partial charge is 1.00 e. The number of benzene rings is 2. The van der Waals surface area contributed by atoms with Crippen molar-refractivity contribution < 1.29 is 76.5 Å². The molecule has 2 aromatic rings. The SMILES string of the molecule is C[SiH]C.C[SiH]C.[C-]1=C(c2ccccc2)C=CC1.[C-]1=C(c2ccccc2)C=CC1.[C-]1=CC=CC1.[C-]1=CC=CC1.[Cl-].[Cl-].[Hf].[Hf]. The van der Waals surface area contributed by atoms with Crippen molar-refractivity contribution in [2.75, 3.05) is 0 Å². The maximum absolute atomic E-state index is 3.28. The van der Waals surface area contributed by atoms with Gasteiger partial charge in [0.05, 0.1) is 0 Å². The molecule has 2 radical (unpaired) electrons. The predicted octanol–water partition coefficient (Wildman–Crippen LogP) is 3.32. The van der Waals surface area contributed by atoms with E-state index in [1.807, 2.05) is 36.4 Å². The van der Waals surface area contributed by atoms with Crippen molar-refractivity contribution in [2.24, 2.45) is 0 Å². The molecule has 2 aromatic carbocycles. The van der Waals surface area contributed by atoms with E-state index in [1.165, 1.54) is 22.3 Å². The summed E-state index contributed by atoms with van der Waals surface area (Å²) in [5.74, 6) is 0. The molecule has 0 amide bonds. The van der Waals surface area contributed by atoms with Gasteiger partial charge in [0.2, 0.25) is 0 Å². The summed E-state index contributed by atoms with van der Waals surface area (Å²) in [6.07, 6.45) is 37.0. The Hall–Kier alpha value is -0.886. The third-order valence-electron chi connectivity index (χ3n) is 4.73. The Morgan fingerprint density at radius 2 is 0.833 bits per heavy atom. The Morgan fingerprint density at radius 1 is 0.500 bits per heavy atom. The van der Waals surface area contributed by atoms with Crippen molar-refractivity contribution in [3.05, 3.63) is 157 Å². The third-order valence-corrected chi connectivity index (χ3v) is 4.73. The first-order valence-corrected chi connectivity index (χ1v) is 18.0. The van der Waals surface area contributed by atoms with Crippen molar-refractivity contribution in [3.63, 3.8) is 0 Å². The molecular weight excluding hydrogens is 916 g/mol. The molecule has 0 bridgehead atoms. The molecule has 42 heavy (non-hydrogen) atoms. The summed E-state index contributed by atoms with van der Waals surface area (Å²) in [7, 11) is 1.50. The van der Waals surface area contributed by atoms with Crippen LogP contribution in [0.5, 0.6) is 0 Å². The molecule has 0 saturated heterocycles. The van der Waals surface area contributed by atoms with E-state index in [1.54, 1.807) is 0 Å². The maximum Gasteiger partial charge on any atom is 0.0213 e. The molecule has 0 aliphatic heterocycles. The van der Waals surface area contributed by atoms with Crippen LogP contribution in [-0.2, 0) is 51.7 Å². The fourth-order valence-corrected chi connectivity index (χ4v) is 3.12. The molecule has 4 aliphatic carbocycles. The Bertz CT molecular complexity index is 992. The van der Waals surface area contributed by atoms with Gasteiger partial charge in [-0.3, -0.25) is 12.2 Å². The molecule has 0 nitrogen and oxygen atoms in total. The van der Waals surface area contributed by atoms with Crippen LogP contribution in [0.25, 0.3) is 11.1 Å². The standard InChI is InChI=1S/2C11H9.2C5H5.2C2H7Si.2ClH.2Hf/c2*1-2-6-10(7-3-1)11-8-4-5-9-11;2*1-2-4-5-3-1;2*1-3-2;;;;/h2*1-4,6-8H,5H2;2*1-3H,4H2;2*3H,1-2H3;2*1H;;/q4*-1;;;;;;/p-2. The second-order valence-corrected chi connectivity index (χ2v) is 10.6. The van der Waals surface area contributed by atoms with Gasteiger partial charge in [0.15, 0.2) is 0 Å². The zero-order valence-electron chi connectivity index (χ0n) is 25.3. The molecule has 0 aromatic heterocycles. The molecule has 0 fully saturated rings. The van der Waals surface area contributed by atoms with Crippen LogP contribution in [0.2, 0.25) is 26.2 Å². The van der Waals surface area contributed by atoms with E-state index < -0.39 is 0 Å². The molecule has 4 aliphatic rings. The second-order valence-electron chi connectivity index (χ2n) is 8.29. The minimum Gasteiger partial charge on any atom is -1.00 e. The first-order valence-electron chi connectivity index (χ1n) is 13.3. The zero-order valence-corrected chi connectivity index (χ0v) is 36.3. The van der Waals surface area contributed by atoms with Gasteiger partial charge in [-0.2, -0.15) is 47.6 Å². The van der Waals surface area contributed by atoms with Gasteiger partial charge in [0.1, 0.15) is 0 Å². The summed E-state index contributed by atoms with van der Waals surface area (Å²) >= 11 is 0. The number of halogens is 2. The summed E-state index contributed by atoms with van der Waals surface area (Å²) in [6.45, 7) is 8.83. The topological polar surface area (TPSA) is 0 Å². The number of hydrogen-bond donors (Lipinski definition) is 0. The van der Waals surface area contributed by atoms with Crippen LogP contribution in [0.1, 0.15) is 36.8 Å². The predicted molar refractivity (Wildman–Crippen MR) is 175 cm³/mol. The van der Waals surface area contributed by atoms with E-state index in [4.69, 9.17) is 0 Å². The van der Waals surface area contributed by atoms with Gasteiger partial charge in [0, 0.05) is 70.7 Å². The van der Waals surface area contributed by atoms with Gasteiger partial charge in [-0.15, -0.1) is 60.4 Å². The summed E-state index contributed by atoms with van der Waals surface area (Å²) in [5, 5.41) is 0. The zero-order chi connectivity index (χ0) is 27.5. The van der Waals surface area contributed by atoms with Crippen LogP contribution < -0.4 is 24.8 Å². The third kappa shape index (κ3) is 25.6. The minimum atomic E-state index is 0. The molecule has 222 valence electrons. The van der Waals surface area contributed by atoms with Crippen LogP contribution in [0.15, 0.2) is 121 Å². The number of hydrogen-bond acceptors (Lipinski definition) is 0. The minimum absolute atomic E-state index is 0. The average molecular weight is 959 g/mol. The van der Waals surface area contributed by atoms with Crippen molar-refractivity contribution in [1.29, 1.82) is 0 Å². The van der Waals surface area contributed by atoms with Crippen molar-refractivity contribution in [2.45, 2.75) is 51.9 Å². The van der Waals surface area contributed by atoms with E-state index in [0.29, 0.717) is 0 Å². The monoisotopic (exact) mass is 960 g/mol. The Morgan fingerprint density at radius 3 is 1.02 bits per heavy atom. The van der Waals surface area contributed by atoms with Gasteiger partial charge in [-0.05, 0) is 0 Å². The smallest absolute Gasteiger partial charge is 0.0213 e. The first kappa shape index (κ1) is 48.0. The van der Waals surface area contributed by atoms with E-state index in [2.05, 4.69) is 135 Å². The molecule has 0 atom stereocenters. The van der Waals surface area contributed by atoms with Crippen LogP contribution in [0, 0.1) is 24.3 Å². The van der Waals surface area contributed by atoms with Crippen molar-refractivity contribution >= 4 is 30.2 Å². The van der Waals surface area contributed by atoms with Crippen LogP contribution in [0.3, 0.4) is 0 Å². The van der Waals surface area contributed by atoms with E-state index in [9.17, 15) is 0 Å². The first-order chi connectivity index (χ1) is 18.8. The van der Waals surface area contributed by atoms with Crippen LogP contribution in [-0.4, -0.2) is 19.0 Å². The van der Waals surface area contributed by atoms with Crippen molar-refractivity contribution in [1.82, 2.24) is 0 Å². The fraction of sp³-hybridized carbons (Fsp3) is 0.222. The Labute approximate surface area is 312 Å². The Balaban J connectivity index is -0.000000218. The average Bonchev–Trinajstić information content (AvgIpc) is 3.79. The summed E-state index contributed by atoms with van der Waals surface area (Å²) in [6, 6.07) is 20.7. The van der Waals surface area contributed by atoms with Crippen molar-refractivity contribution in [3.8, 4) is 0 Å². The number of rotatable bonds is 2. The molecule has 6 heteroatoms. The molecule has 6 rings (SSSR count). The molecule has 0 saturated carbocycles. The van der Waals surface area contributed by atoms with Gasteiger partial charge < -0.3 is 24.8 Å². The molecule has 0 unspecified atom stereocenters. The molecular formula is C36H42Cl2Hf2Si2-6. The quantitative estimate of drug-likeness (QED) is 0.321. The van der Waals surface area contributed by atoms with E-state index >= 15 is 0 Å². The maximum atomic E-state index is 3.28. The molecule has 0 N–H and O–H groups in total. The van der Waals surface area contributed by atoms with Crippen LogP contribution >= 0.6 is 0 Å². The second kappa shape index (κ2) is 36.3. The van der Waals surface area contributed by atoms with Crippen LogP contribution in [0.4, 0.5) is 0 Å².